The van der Waals surface area contributed by atoms with E-state index in [4.69, 9.17) is 5.73 Å². The molecule has 1 heterocycles. The summed E-state index contributed by atoms with van der Waals surface area (Å²) in [6.45, 7) is 1.90. The molecule has 0 atom stereocenters. The quantitative estimate of drug-likeness (QED) is 0.759. The second-order valence-corrected chi connectivity index (χ2v) is 5.22. The molecule has 0 aliphatic rings. The summed E-state index contributed by atoms with van der Waals surface area (Å²) in [6.07, 6.45) is -4.59. The predicted molar refractivity (Wildman–Crippen MR) is 83.2 cm³/mol. The highest BCUT2D eigenvalue weighted by molar-refractivity contribution is 5.78. The van der Waals surface area contributed by atoms with Crippen molar-refractivity contribution in [3.63, 3.8) is 0 Å². The number of nitrogen functional groups attached to an aromatic ring is 1. The van der Waals surface area contributed by atoms with E-state index < -0.39 is 11.9 Å². The third kappa shape index (κ3) is 2.79. The van der Waals surface area contributed by atoms with Crippen molar-refractivity contribution >= 4 is 5.82 Å². The first-order valence-electron chi connectivity index (χ1n) is 6.96. The third-order valence-electron chi connectivity index (χ3n) is 3.53. The topological polar surface area (TPSA) is 43.8 Å². The molecule has 6 heteroatoms. The van der Waals surface area contributed by atoms with Gasteiger partial charge >= 0.3 is 6.18 Å². The molecular formula is C17H14F3N3. The van der Waals surface area contributed by atoms with Gasteiger partial charge in [-0.1, -0.05) is 48.0 Å². The van der Waals surface area contributed by atoms with Crippen molar-refractivity contribution in [1.82, 2.24) is 9.78 Å². The Morgan fingerprint density at radius 3 is 2.13 bits per heavy atom. The number of alkyl halides is 3. The van der Waals surface area contributed by atoms with Gasteiger partial charge in [0.05, 0.1) is 11.3 Å². The maximum absolute atomic E-state index is 13.4. The first-order chi connectivity index (χ1) is 10.9. The van der Waals surface area contributed by atoms with Gasteiger partial charge in [0.15, 0.2) is 5.69 Å². The number of hydrogen-bond acceptors (Lipinski definition) is 2. The normalized spacial score (nSPS) is 11.7. The summed E-state index contributed by atoms with van der Waals surface area (Å²) in [5, 5.41) is 3.72. The van der Waals surface area contributed by atoms with Crippen LogP contribution in [0.15, 0.2) is 54.6 Å². The zero-order valence-electron chi connectivity index (χ0n) is 12.3. The van der Waals surface area contributed by atoms with E-state index >= 15 is 0 Å². The fourth-order valence-corrected chi connectivity index (χ4v) is 2.40. The molecule has 0 saturated carbocycles. The third-order valence-corrected chi connectivity index (χ3v) is 3.53. The van der Waals surface area contributed by atoms with Crippen LogP contribution in [0.1, 0.15) is 11.3 Å². The average Bonchev–Trinajstić information content (AvgIpc) is 2.87. The van der Waals surface area contributed by atoms with Crippen LogP contribution in [0.5, 0.6) is 0 Å². The van der Waals surface area contributed by atoms with Gasteiger partial charge in [0.2, 0.25) is 0 Å². The van der Waals surface area contributed by atoms with Crippen molar-refractivity contribution in [2.75, 3.05) is 5.73 Å². The monoisotopic (exact) mass is 317 g/mol. The number of halogens is 3. The predicted octanol–water partition coefficient (Wildman–Crippen LogP) is 4.45. The standard InChI is InChI=1S/C17H14F3N3/c1-11-7-9-13(10-8-11)23-16(21)14(12-5-3-2-4-6-12)15(22-23)17(18,19)20/h2-10H,21H2,1H3. The maximum atomic E-state index is 13.4. The van der Waals surface area contributed by atoms with Gasteiger partial charge in [0.1, 0.15) is 5.82 Å². The molecule has 3 nitrogen and oxygen atoms in total. The Labute approximate surface area is 131 Å². The number of nitrogens with two attached hydrogens (primary N) is 1. The van der Waals surface area contributed by atoms with Crippen molar-refractivity contribution in [1.29, 1.82) is 0 Å². The molecule has 0 radical (unpaired) electrons. The van der Waals surface area contributed by atoms with Crippen molar-refractivity contribution in [3.05, 3.63) is 65.9 Å². The maximum Gasteiger partial charge on any atom is 0.435 e. The molecule has 23 heavy (non-hydrogen) atoms. The molecule has 3 rings (SSSR count). The van der Waals surface area contributed by atoms with Crippen LogP contribution in [0.3, 0.4) is 0 Å². The number of aryl methyl sites for hydroxylation is 1. The van der Waals surface area contributed by atoms with Crippen molar-refractivity contribution in [2.45, 2.75) is 13.1 Å². The minimum absolute atomic E-state index is 0.0348. The smallest absolute Gasteiger partial charge is 0.383 e. The Bertz CT molecular complexity index is 819. The van der Waals surface area contributed by atoms with Gasteiger partial charge in [-0.05, 0) is 24.6 Å². The number of rotatable bonds is 2. The van der Waals surface area contributed by atoms with Crippen LogP contribution in [-0.2, 0) is 6.18 Å². The zero-order valence-corrected chi connectivity index (χ0v) is 12.3. The van der Waals surface area contributed by atoms with Crippen LogP contribution in [-0.4, -0.2) is 9.78 Å². The van der Waals surface area contributed by atoms with Gasteiger partial charge in [-0.3, -0.25) is 0 Å². The number of benzene rings is 2. The Hall–Kier alpha value is -2.76. The summed E-state index contributed by atoms with van der Waals surface area (Å²) in [4.78, 5) is 0. The van der Waals surface area contributed by atoms with E-state index in [9.17, 15) is 13.2 Å². The SMILES string of the molecule is Cc1ccc(-n2nc(C(F)(F)F)c(-c3ccccc3)c2N)cc1. The minimum atomic E-state index is -4.59. The second-order valence-electron chi connectivity index (χ2n) is 5.22. The number of hydrogen-bond donors (Lipinski definition) is 1. The molecule has 118 valence electrons. The van der Waals surface area contributed by atoms with E-state index in [2.05, 4.69) is 5.10 Å². The molecule has 0 bridgehead atoms. The molecule has 2 aromatic carbocycles. The fraction of sp³-hybridized carbons (Fsp3) is 0.118. The highest BCUT2D eigenvalue weighted by Crippen LogP contribution is 2.40. The summed E-state index contributed by atoms with van der Waals surface area (Å²) in [5.41, 5.74) is 6.79. The lowest BCUT2D eigenvalue weighted by Gasteiger charge is -2.07. The van der Waals surface area contributed by atoms with Crippen molar-refractivity contribution in [2.24, 2.45) is 0 Å². The molecule has 0 aliphatic carbocycles. The van der Waals surface area contributed by atoms with Gasteiger partial charge in [-0.2, -0.15) is 18.3 Å². The zero-order chi connectivity index (χ0) is 16.6. The largest absolute Gasteiger partial charge is 0.435 e. The van der Waals surface area contributed by atoms with Crippen LogP contribution in [0.4, 0.5) is 19.0 Å². The van der Waals surface area contributed by atoms with Gasteiger partial charge in [-0.25, -0.2) is 4.68 Å². The second kappa shape index (κ2) is 5.46. The molecule has 0 aliphatic heterocycles. The number of anilines is 1. The lowest BCUT2D eigenvalue weighted by molar-refractivity contribution is -0.140. The van der Waals surface area contributed by atoms with E-state index in [1.54, 1.807) is 54.6 Å². The molecule has 0 amide bonds. The van der Waals surface area contributed by atoms with Crippen LogP contribution < -0.4 is 5.73 Å². The first-order valence-corrected chi connectivity index (χ1v) is 6.96. The summed E-state index contributed by atoms with van der Waals surface area (Å²) in [7, 11) is 0. The van der Waals surface area contributed by atoms with Crippen molar-refractivity contribution in [3.8, 4) is 16.8 Å². The lowest BCUT2D eigenvalue weighted by atomic mass is 10.1. The van der Waals surface area contributed by atoms with E-state index in [-0.39, 0.29) is 11.4 Å². The van der Waals surface area contributed by atoms with E-state index in [0.717, 1.165) is 10.2 Å². The minimum Gasteiger partial charge on any atom is -0.383 e. The molecule has 0 saturated heterocycles. The summed E-state index contributed by atoms with van der Waals surface area (Å²) < 4.78 is 41.3. The van der Waals surface area contributed by atoms with Gasteiger partial charge in [0.25, 0.3) is 0 Å². The highest BCUT2D eigenvalue weighted by atomic mass is 19.4. The van der Waals surface area contributed by atoms with Gasteiger partial charge < -0.3 is 5.73 Å². The summed E-state index contributed by atoms with van der Waals surface area (Å²) in [6, 6.07) is 15.2. The molecule has 0 spiro atoms. The molecule has 3 aromatic rings. The van der Waals surface area contributed by atoms with Crippen LogP contribution >= 0.6 is 0 Å². The molecule has 2 N–H and O–H groups in total. The molecule has 0 unspecified atom stereocenters. The van der Waals surface area contributed by atoms with E-state index in [0.29, 0.717) is 11.3 Å². The molecule has 1 aromatic heterocycles. The number of aromatic nitrogens is 2. The highest BCUT2D eigenvalue weighted by Gasteiger charge is 2.39. The Kier molecular flexibility index (Phi) is 3.60. The summed E-state index contributed by atoms with van der Waals surface area (Å²) >= 11 is 0. The van der Waals surface area contributed by atoms with E-state index in [1.165, 1.54) is 0 Å². The Balaban J connectivity index is 2.25. The van der Waals surface area contributed by atoms with Gasteiger partial charge in [0, 0.05) is 0 Å². The Morgan fingerprint density at radius 1 is 0.957 bits per heavy atom. The van der Waals surface area contributed by atoms with Crippen LogP contribution in [0.2, 0.25) is 0 Å². The Morgan fingerprint density at radius 2 is 1.57 bits per heavy atom. The fourth-order valence-electron chi connectivity index (χ4n) is 2.40. The average molecular weight is 317 g/mol. The first kappa shape index (κ1) is 15.1. The van der Waals surface area contributed by atoms with Crippen LogP contribution in [0, 0.1) is 6.92 Å². The molecule has 0 fully saturated rings. The van der Waals surface area contributed by atoms with Crippen molar-refractivity contribution < 1.29 is 13.2 Å². The van der Waals surface area contributed by atoms with Gasteiger partial charge in [-0.15, -0.1) is 0 Å². The van der Waals surface area contributed by atoms with Crippen LogP contribution in [0.25, 0.3) is 16.8 Å². The lowest BCUT2D eigenvalue weighted by Crippen LogP contribution is -2.08. The van der Waals surface area contributed by atoms with E-state index in [1.807, 2.05) is 6.92 Å². The number of nitrogens with zero attached hydrogens (tertiary/aromatic N) is 2. The molecular weight excluding hydrogens is 303 g/mol. The summed E-state index contributed by atoms with van der Waals surface area (Å²) in [5.74, 6) is -0.0348.